The van der Waals surface area contributed by atoms with Crippen LogP contribution in [0.15, 0.2) is 12.1 Å². The highest BCUT2D eigenvalue weighted by atomic mass is 16.5. The van der Waals surface area contributed by atoms with Crippen molar-refractivity contribution < 1.29 is 9.53 Å². The minimum Gasteiger partial charge on any atom is -0.496 e. The quantitative estimate of drug-likeness (QED) is 0.738. The van der Waals surface area contributed by atoms with Gasteiger partial charge in [0.2, 0.25) is 0 Å². The van der Waals surface area contributed by atoms with Gasteiger partial charge in [0, 0.05) is 5.92 Å². The van der Waals surface area contributed by atoms with E-state index in [0.29, 0.717) is 11.7 Å². The van der Waals surface area contributed by atoms with Crippen LogP contribution in [0, 0.1) is 12.8 Å². The first-order valence-electron chi connectivity index (χ1n) is 6.45. The van der Waals surface area contributed by atoms with Crippen LogP contribution in [0.25, 0.3) is 0 Å². The predicted molar refractivity (Wildman–Crippen MR) is 66.8 cm³/mol. The normalized spacial score (nSPS) is 26.6. The Kier molecular flexibility index (Phi) is 2.46. The SMILES string of the molecule is COc1ccc(C)c2c1C(=O)C1CCCCC21. The molecule has 1 saturated carbocycles. The number of benzene rings is 1. The fraction of sp³-hybridized carbons (Fsp3) is 0.533. The van der Waals surface area contributed by atoms with Gasteiger partial charge < -0.3 is 4.74 Å². The van der Waals surface area contributed by atoms with Gasteiger partial charge in [-0.05, 0) is 42.9 Å². The van der Waals surface area contributed by atoms with Crippen molar-refractivity contribution in [3.63, 3.8) is 0 Å². The van der Waals surface area contributed by atoms with Crippen molar-refractivity contribution in [1.82, 2.24) is 0 Å². The van der Waals surface area contributed by atoms with Crippen LogP contribution < -0.4 is 4.74 Å². The Hall–Kier alpha value is -1.31. The number of aryl methyl sites for hydroxylation is 1. The lowest BCUT2D eigenvalue weighted by atomic mass is 9.78. The number of hydrogen-bond acceptors (Lipinski definition) is 2. The average Bonchev–Trinajstić information content (AvgIpc) is 2.66. The first-order chi connectivity index (χ1) is 8.24. The van der Waals surface area contributed by atoms with E-state index in [0.717, 1.165) is 24.2 Å². The summed E-state index contributed by atoms with van der Waals surface area (Å²) in [6.45, 7) is 2.11. The van der Waals surface area contributed by atoms with Crippen LogP contribution in [-0.2, 0) is 0 Å². The highest BCUT2D eigenvalue weighted by Crippen LogP contribution is 2.50. The molecular weight excluding hydrogens is 212 g/mol. The van der Waals surface area contributed by atoms with Crippen LogP contribution >= 0.6 is 0 Å². The Balaban J connectivity index is 2.19. The smallest absolute Gasteiger partial charge is 0.170 e. The first kappa shape index (κ1) is 10.8. The summed E-state index contributed by atoms with van der Waals surface area (Å²) >= 11 is 0. The topological polar surface area (TPSA) is 26.3 Å². The molecule has 17 heavy (non-hydrogen) atoms. The summed E-state index contributed by atoms with van der Waals surface area (Å²) in [5.74, 6) is 1.78. The lowest BCUT2D eigenvalue weighted by Crippen LogP contribution is -2.17. The van der Waals surface area contributed by atoms with Crippen molar-refractivity contribution in [1.29, 1.82) is 0 Å². The summed E-state index contributed by atoms with van der Waals surface area (Å²) in [6, 6.07) is 4.02. The minimum atomic E-state index is 0.230. The number of carbonyl (C=O) groups excluding carboxylic acids is 1. The summed E-state index contributed by atoms with van der Waals surface area (Å²) in [4.78, 5) is 12.5. The Labute approximate surface area is 102 Å². The van der Waals surface area contributed by atoms with Gasteiger partial charge in [0.15, 0.2) is 5.78 Å². The molecule has 2 heteroatoms. The number of Topliss-reactive ketones (excluding diaryl/α,β-unsaturated/α-hetero) is 1. The average molecular weight is 230 g/mol. The highest BCUT2D eigenvalue weighted by molar-refractivity contribution is 6.06. The number of ketones is 1. The lowest BCUT2D eigenvalue weighted by Gasteiger charge is -2.24. The highest BCUT2D eigenvalue weighted by Gasteiger charge is 2.43. The standard InChI is InChI=1S/C15H18O2/c1-9-7-8-12(17-2)14-13(9)10-5-3-4-6-11(10)15(14)16/h7-8,10-11H,3-6H2,1-2H3. The molecule has 1 fully saturated rings. The van der Waals surface area contributed by atoms with E-state index >= 15 is 0 Å². The maximum absolute atomic E-state index is 12.5. The zero-order chi connectivity index (χ0) is 12.0. The van der Waals surface area contributed by atoms with E-state index in [1.54, 1.807) is 7.11 Å². The monoisotopic (exact) mass is 230 g/mol. The van der Waals surface area contributed by atoms with E-state index in [1.807, 2.05) is 6.07 Å². The number of fused-ring (bicyclic) bond motifs is 3. The first-order valence-corrected chi connectivity index (χ1v) is 6.45. The van der Waals surface area contributed by atoms with Crippen LogP contribution in [0.5, 0.6) is 5.75 Å². The number of methoxy groups -OCH3 is 1. The molecule has 0 amide bonds. The number of hydrogen-bond donors (Lipinski definition) is 0. The molecule has 1 aromatic rings. The minimum absolute atomic E-state index is 0.230. The van der Waals surface area contributed by atoms with E-state index in [-0.39, 0.29) is 5.92 Å². The van der Waals surface area contributed by atoms with Crippen molar-refractivity contribution in [2.75, 3.05) is 7.11 Å². The van der Waals surface area contributed by atoms with Gasteiger partial charge in [-0.1, -0.05) is 18.9 Å². The maximum atomic E-state index is 12.5. The fourth-order valence-electron chi connectivity index (χ4n) is 3.58. The van der Waals surface area contributed by atoms with Gasteiger partial charge in [0.1, 0.15) is 5.75 Å². The van der Waals surface area contributed by atoms with Crippen molar-refractivity contribution in [2.45, 2.75) is 38.5 Å². The van der Waals surface area contributed by atoms with Crippen molar-refractivity contribution in [3.05, 3.63) is 28.8 Å². The van der Waals surface area contributed by atoms with Gasteiger partial charge in [-0.3, -0.25) is 4.79 Å². The third kappa shape index (κ3) is 1.43. The van der Waals surface area contributed by atoms with E-state index in [2.05, 4.69) is 13.0 Å². The summed E-state index contributed by atoms with van der Waals surface area (Å²) in [6.07, 6.45) is 4.67. The molecular formula is C15H18O2. The second-order valence-corrected chi connectivity index (χ2v) is 5.24. The number of carbonyl (C=O) groups is 1. The Morgan fingerprint density at radius 1 is 1.18 bits per heavy atom. The summed E-state index contributed by atoms with van der Waals surface area (Å²) in [5, 5.41) is 0. The molecule has 2 atom stereocenters. The van der Waals surface area contributed by atoms with Crippen LogP contribution in [0.1, 0.15) is 53.1 Å². The molecule has 90 valence electrons. The van der Waals surface area contributed by atoms with E-state index < -0.39 is 0 Å². The third-order valence-corrected chi connectivity index (χ3v) is 4.37. The third-order valence-electron chi connectivity index (χ3n) is 4.37. The molecule has 0 saturated heterocycles. The van der Waals surface area contributed by atoms with Gasteiger partial charge in [0.05, 0.1) is 12.7 Å². The zero-order valence-corrected chi connectivity index (χ0v) is 10.5. The zero-order valence-electron chi connectivity index (χ0n) is 10.5. The van der Waals surface area contributed by atoms with Gasteiger partial charge >= 0.3 is 0 Å². The Morgan fingerprint density at radius 3 is 2.59 bits per heavy atom. The molecule has 2 unspecified atom stereocenters. The Bertz CT molecular complexity index is 476. The molecule has 2 aliphatic carbocycles. The van der Waals surface area contributed by atoms with Crippen LogP contribution in [-0.4, -0.2) is 12.9 Å². The lowest BCUT2D eigenvalue weighted by molar-refractivity contribution is 0.0895. The Morgan fingerprint density at radius 2 is 1.88 bits per heavy atom. The van der Waals surface area contributed by atoms with Gasteiger partial charge in [-0.25, -0.2) is 0 Å². The molecule has 0 spiro atoms. The maximum Gasteiger partial charge on any atom is 0.170 e. The molecule has 0 radical (unpaired) electrons. The van der Waals surface area contributed by atoms with Crippen molar-refractivity contribution in [2.24, 2.45) is 5.92 Å². The molecule has 3 rings (SSSR count). The van der Waals surface area contributed by atoms with Crippen molar-refractivity contribution in [3.8, 4) is 5.75 Å². The summed E-state index contributed by atoms with van der Waals surface area (Å²) in [5.41, 5.74) is 3.41. The summed E-state index contributed by atoms with van der Waals surface area (Å²) < 4.78 is 5.37. The molecule has 1 aromatic carbocycles. The van der Waals surface area contributed by atoms with Crippen LogP contribution in [0.2, 0.25) is 0 Å². The van der Waals surface area contributed by atoms with E-state index in [1.165, 1.54) is 24.0 Å². The summed E-state index contributed by atoms with van der Waals surface area (Å²) in [7, 11) is 1.65. The molecule has 2 aliphatic rings. The van der Waals surface area contributed by atoms with Crippen LogP contribution in [0.4, 0.5) is 0 Å². The fourth-order valence-corrected chi connectivity index (χ4v) is 3.58. The number of rotatable bonds is 1. The molecule has 0 aliphatic heterocycles. The van der Waals surface area contributed by atoms with Gasteiger partial charge in [-0.2, -0.15) is 0 Å². The van der Waals surface area contributed by atoms with E-state index in [4.69, 9.17) is 4.74 Å². The molecule has 0 bridgehead atoms. The second-order valence-electron chi connectivity index (χ2n) is 5.24. The molecule has 0 heterocycles. The molecule has 0 N–H and O–H groups in total. The second kappa shape index (κ2) is 3.86. The largest absolute Gasteiger partial charge is 0.496 e. The number of ether oxygens (including phenoxy) is 1. The van der Waals surface area contributed by atoms with E-state index in [9.17, 15) is 4.79 Å². The molecule has 2 nitrogen and oxygen atoms in total. The predicted octanol–water partition coefficient (Wildman–Crippen LogP) is 3.47. The van der Waals surface area contributed by atoms with Gasteiger partial charge in [0.25, 0.3) is 0 Å². The van der Waals surface area contributed by atoms with Gasteiger partial charge in [-0.15, -0.1) is 0 Å². The van der Waals surface area contributed by atoms with Crippen molar-refractivity contribution >= 4 is 5.78 Å². The molecule has 0 aromatic heterocycles. The van der Waals surface area contributed by atoms with Crippen LogP contribution in [0.3, 0.4) is 0 Å².